The Bertz CT molecular complexity index is 576. The van der Waals surface area contributed by atoms with Crippen molar-refractivity contribution in [2.24, 2.45) is 11.7 Å². The van der Waals surface area contributed by atoms with E-state index < -0.39 is 0 Å². The van der Waals surface area contributed by atoms with Crippen LogP contribution in [0, 0.1) is 12.8 Å². The molecular weight excluding hydrogens is 288 g/mol. The van der Waals surface area contributed by atoms with Gasteiger partial charge in [-0.2, -0.15) is 0 Å². The highest BCUT2D eigenvalue weighted by Gasteiger charge is 2.24. The van der Waals surface area contributed by atoms with Crippen molar-refractivity contribution in [3.05, 3.63) is 40.4 Å². The van der Waals surface area contributed by atoms with Gasteiger partial charge in [0.05, 0.1) is 0 Å². The topological polar surface area (TPSA) is 63.4 Å². The van der Waals surface area contributed by atoms with Crippen molar-refractivity contribution in [2.45, 2.75) is 19.8 Å². The summed E-state index contributed by atoms with van der Waals surface area (Å²) < 4.78 is 0. The molecule has 0 aliphatic carbocycles. The molecule has 2 amide bonds. The maximum atomic E-state index is 12.1. The Morgan fingerprint density at radius 3 is 2.57 bits per heavy atom. The number of rotatable bonds is 3. The van der Waals surface area contributed by atoms with Crippen molar-refractivity contribution in [2.75, 3.05) is 13.1 Å². The summed E-state index contributed by atoms with van der Waals surface area (Å²) in [5.41, 5.74) is 7.18. The number of aryl methyl sites for hydroxylation is 1. The molecule has 4 nitrogen and oxygen atoms in total. The molecule has 1 aliphatic rings. The van der Waals surface area contributed by atoms with E-state index in [0.717, 1.165) is 11.1 Å². The smallest absolute Gasteiger partial charge is 0.246 e. The fraction of sp³-hybridized carbons (Fsp3) is 0.375. The van der Waals surface area contributed by atoms with E-state index in [1.807, 2.05) is 25.1 Å². The maximum Gasteiger partial charge on any atom is 0.246 e. The molecule has 0 aromatic heterocycles. The summed E-state index contributed by atoms with van der Waals surface area (Å²) in [6.45, 7) is 3.08. The molecule has 2 N–H and O–H groups in total. The standard InChI is InChI=1S/C16H19ClN2O2/c1-11-2-3-12(10-14(11)17)4-5-15(20)19-8-6-13(7-9-19)16(18)21/h2-5,10,13H,6-9H2,1H3,(H2,18,21)/b5-4+. The highest BCUT2D eigenvalue weighted by atomic mass is 35.5. The van der Waals surface area contributed by atoms with Gasteiger partial charge in [0.2, 0.25) is 11.8 Å². The zero-order valence-electron chi connectivity index (χ0n) is 12.0. The fourth-order valence-electron chi connectivity index (χ4n) is 2.37. The minimum absolute atomic E-state index is 0.0467. The number of hydrogen-bond acceptors (Lipinski definition) is 2. The number of nitrogens with two attached hydrogens (primary N) is 1. The van der Waals surface area contributed by atoms with Gasteiger partial charge in [0, 0.05) is 30.1 Å². The predicted octanol–water partition coefficient (Wildman–Crippen LogP) is 2.39. The van der Waals surface area contributed by atoms with Crippen molar-refractivity contribution in [1.29, 1.82) is 0 Å². The number of likely N-dealkylation sites (tertiary alicyclic amines) is 1. The first-order chi connectivity index (χ1) is 9.97. The highest BCUT2D eigenvalue weighted by molar-refractivity contribution is 6.31. The number of hydrogen-bond donors (Lipinski definition) is 1. The second-order valence-electron chi connectivity index (χ2n) is 5.34. The molecule has 2 rings (SSSR count). The number of halogens is 1. The van der Waals surface area contributed by atoms with E-state index in [-0.39, 0.29) is 17.7 Å². The normalized spacial score (nSPS) is 16.4. The summed E-state index contributed by atoms with van der Waals surface area (Å²) in [6.07, 6.45) is 4.59. The molecule has 0 radical (unpaired) electrons. The van der Waals surface area contributed by atoms with E-state index in [0.29, 0.717) is 31.0 Å². The summed E-state index contributed by atoms with van der Waals surface area (Å²) >= 11 is 6.05. The number of amides is 2. The fourth-order valence-corrected chi connectivity index (χ4v) is 2.56. The largest absolute Gasteiger partial charge is 0.369 e. The van der Waals surface area contributed by atoms with Crippen molar-refractivity contribution in [3.8, 4) is 0 Å². The first kappa shape index (κ1) is 15.6. The molecule has 1 fully saturated rings. The SMILES string of the molecule is Cc1ccc(/C=C/C(=O)N2CCC(C(N)=O)CC2)cc1Cl. The summed E-state index contributed by atoms with van der Waals surface area (Å²) in [5, 5.41) is 0.687. The lowest BCUT2D eigenvalue weighted by molar-refractivity contribution is -0.130. The average molecular weight is 307 g/mol. The number of carbonyl (C=O) groups is 2. The van der Waals surface area contributed by atoms with Gasteiger partial charge in [0.15, 0.2) is 0 Å². The van der Waals surface area contributed by atoms with Gasteiger partial charge in [-0.15, -0.1) is 0 Å². The Morgan fingerprint density at radius 1 is 1.33 bits per heavy atom. The van der Waals surface area contributed by atoms with E-state index in [4.69, 9.17) is 17.3 Å². The van der Waals surface area contributed by atoms with Crippen molar-refractivity contribution < 1.29 is 9.59 Å². The lowest BCUT2D eigenvalue weighted by Crippen LogP contribution is -2.41. The van der Waals surface area contributed by atoms with Gasteiger partial charge in [-0.3, -0.25) is 9.59 Å². The van der Waals surface area contributed by atoms with Gasteiger partial charge in [-0.1, -0.05) is 23.7 Å². The van der Waals surface area contributed by atoms with Crippen LogP contribution in [0.25, 0.3) is 6.08 Å². The quantitative estimate of drug-likeness (QED) is 0.872. The Kier molecular flexibility index (Phi) is 5.02. The Labute approximate surface area is 129 Å². The maximum absolute atomic E-state index is 12.1. The third kappa shape index (κ3) is 4.08. The molecule has 1 aromatic rings. The third-order valence-corrected chi connectivity index (χ3v) is 4.23. The summed E-state index contributed by atoms with van der Waals surface area (Å²) in [5.74, 6) is -0.421. The van der Waals surface area contributed by atoms with Crippen molar-refractivity contribution in [1.82, 2.24) is 4.90 Å². The van der Waals surface area contributed by atoms with E-state index in [2.05, 4.69) is 0 Å². The summed E-state index contributed by atoms with van der Waals surface area (Å²) in [6, 6.07) is 5.68. The number of carbonyl (C=O) groups excluding carboxylic acids is 2. The lowest BCUT2D eigenvalue weighted by Gasteiger charge is -2.29. The third-order valence-electron chi connectivity index (χ3n) is 3.82. The van der Waals surface area contributed by atoms with Crippen molar-refractivity contribution in [3.63, 3.8) is 0 Å². The van der Waals surface area contributed by atoms with Crippen LogP contribution in [0.5, 0.6) is 0 Å². The Morgan fingerprint density at radius 2 is 2.00 bits per heavy atom. The van der Waals surface area contributed by atoms with Gasteiger partial charge in [-0.05, 0) is 43.0 Å². The minimum Gasteiger partial charge on any atom is -0.369 e. The summed E-state index contributed by atoms with van der Waals surface area (Å²) in [4.78, 5) is 24.9. The van der Waals surface area contributed by atoms with Crippen molar-refractivity contribution >= 4 is 29.5 Å². The molecule has 0 bridgehead atoms. The molecule has 21 heavy (non-hydrogen) atoms. The number of benzene rings is 1. The Hall–Kier alpha value is -1.81. The van der Waals surface area contributed by atoms with E-state index in [1.165, 1.54) is 0 Å². The molecule has 1 aromatic carbocycles. The Balaban J connectivity index is 1.94. The molecule has 0 atom stereocenters. The van der Waals surface area contributed by atoms with Crippen LogP contribution in [-0.2, 0) is 9.59 Å². The predicted molar refractivity (Wildman–Crippen MR) is 83.7 cm³/mol. The molecule has 0 unspecified atom stereocenters. The molecule has 1 heterocycles. The molecule has 0 spiro atoms. The van der Waals surface area contributed by atoms with Gasteiger partial charge in [0.25, 0.3) is 0 Å². The van der Waals surface area contributed by atoms with E-state index in [9.17, 15) is 9.59 Å². The van der Waals surface area contributed by atoms with Crippen LogP contribution in [0.2, 0.25) is 5.02 Å². The first-order valence-electron chi connectivity index (χ1n) is 7.00. The van der Waals surface area contributed by atoms with Gasteiger partial charge in [0.1, 0.15) is 0 Å². The number of primary amides is 1. The van der Waals surface area contributed by atoms with Gasteiger partial charge >= 0.3 is 0 Å². The first-order valence-corrected chi connectivity index (χ1v) is 7.37. The molecular formula is C16H19ClN2O2. The molecule has 1 saturated heterocycles. The average Bonchev–Trinajstić information content (AvgIpc) is 2.48. The lowest BCUT2D eigenvalue weighted by atomic mass is 9.96. The minimum atomic E-state index is -0.271. The monoisotopic (exact) mass is 306 g/mol. The van der Waals surface area contributed by atoms with Gasteiger partial charge < -0.3 is 10.6 Å². The van der Waals surface area contributed by atoms with Gasteiger partial charge in [-0.25, -0.2) is 0 Å². The zero-order valence-corrected chi connectivity index (χ0v) is 12.8. The molecule has 112 valence electrons. The van der Waals surface area contributed by atoms with E-state index in [1.54, 1.807) is 17.1 Å². The van der Waals surface area contributed by atoms with Crippen LogP contribution in [0.15, 0.2) is 24.3 Å². The van der Waals surface area contributed by atoms with Crippen LogP contribution in [-0.4, -0.2) is 29.8 Å². The van der Waals surface area contributed by atoms with Crippen LogP contribution in [0.4, 0.5) is 0 Å². The molecule has 1 aliphatic heterocycles. The van der Waals surface area contributed by atoms with Crippen LogP contribution < -0.4 is 5.73 Å². The zero-order chi connectivity index (χ0) is 15.4. The number of nitrogens with zero attached hydrogens (tertiary/aromatic N) is 1. The second kappa shape index (κ2) is 6.76. The van der Waals surface area contributed by atoms with Crippen LogP contribution in [0.3, 0.4) is 0 Å². The van der Waals surface area contributed by atoms with E-state index >= 15 is 0 Å². The van der Waals surface area contributed by atoms with Crippen LogP contribution >= 0.6 is 11.6 Å². The van der Waals surface area contributed by atoms with Crippen LogP contribution in [0.1, 0.15) is 24.0 Å². The number of piperidine rings is 1. The molecule has 5 heteroatoms. The summed E-state index contributed by atoms with van der Waals surface area (Å²) in [7, 11) is 0. The second-order valence-corrected chi connectivity index (χ2v) is 5.75. The highest BCUT2D eigenvalue weighted by Crippen LogP contribution is 2.19. The molecule has 0 saturated carbocycles.